The first-order valence-corrected chi connectivity index (χ1v) is 9.25. The lowest BCUT2D eigenvalue weighted by molar-refractivity contribution is -0.118. The second-order valence-corrected chi connectivity index (χ2v) is 6.89. The normalized spacial score (nSPS) is 13.3. The number of anilines is 1. The van der Waals surface area contributed by atoms with E-state index < -0.39 is 0 Å². The molecule has 4 nitrogen and oxygen atoms in total. The van der Waals surface area contributed by atoms with Gasteiger partial charge in [-0.05, 0) is 42.5 Å². The fraction of sp³-hybridized carbons (Fsp3) is 0.409. The van der Waals surface area contributed by atoms with Crippen LogP contribution in [0.3, 0.4) is 0 Å². The topological polar surface area (TPSA) is 50.4 Å². The van der Waals surface area contributed by atoms with Gasteiger partial charge in [0.15, 0.2) is 0 Å². The molecule has 4 heteroatoms. The Balaban J connectivity index is 2.08. The number of aryl methyl sites for hydroxylation is 1. The largest absolute Gasteiger partial charge is 0.495 e. The van der Waals surface area contributed by atoms with Gasteiger partial charge in [-0.1, -0.05) is 57.2 Å². The molecule has 0 aromatic heterocycles. The SMILES string of the molecule is CCc1ccc([C@@H](N[C@@H](C)C(=O)Nc2ccccc2OC)C(C)C)cc1. The molecular weight excluding hydrogens is 324 g/mol. The molecule has 1 amide bonds. The second-order valence-electron chi connectivity index (χ2n) is 6.89. The smallest absolute Gasteiger partial charge is 0.241 e. The van der Waals surface area contributed by atoms with Crippen molar-refractivity contribution in [2.75, 3.05) is 12.4 Å². The maximum atomic E-state index is 12.6. The molecule has 2 aromatic rings. The Morgan fingerprint density at radius 3 is 2.27 bits per heavy atom. The fourth-order valence-electron chi connectivity index (χ4n) is 2.97. The summed E-state index contributed by atoms with van der Waals surface area (Å²) in [6.07, 6.45) is 1.03. The molecule has 0 heterocycles. The van der Waals surface area contributed by atoms with Crippen molar-refractivity contribution in [3.63, 3.8) is 0 Å². The summed E-state index contributed by atoms with van der Waals surface area (Å²) >= 11 is 0. The van der Waals surface area contributed by atoms with Crippen molar-refractivity contribution in [2.45, 2.75) is 46.2 Å². The van der Waals surface area contributed by atoms with E-state index in [1.807, 2.05) is 31.2 Å². The van der Waals surface area contributed by atoms with Gasteiger partial charge >= 0.3 is 0 Å². The van der Waals surface area contributed by atoms with E-state index in [2.05, 4.69) is 55.7 Å². The van der Waals surface area contributed by atoms with Gasteiger partial charge in [-0.3, -0.25) is 10.1 Å². The Morgan fingerprint density at radius 1 is 1.04 bits per heavy atom. The van der Waals surface area contributed by atoms with Crippen LogP contribution in [0.2, 0.25) is 0 Å². The molecule has 0 saturated carbocycles. The van der Waals surface area contributed by atoms with Gasteiger partial charge in [0.25, 0.3) is 0 Å². The summed E-state index contributed by atoms with van der Waals surface area (Å²) in [7, 11) is 1.60. The van der Waals surface area contributed by atoms with Gasteiger partial charge in [0.05, 0.1) is 18.8 Å². The summed E-state index contributed by atoms with van der Waals surface area (Å²) in [4.78, 5) is 12.6. The summed E-state index contributed by atoms with van der Waals surface area (Å²) < 4.78 is 5.30. The van der Waals surface area contributed by atoms with E-state index in [9.17, 15) is 4.79 Å². The molecule has 0 aliphatic carbocycles. The minimum absolute atomic E-state index is 0.0784. The highest BCUT2D eigenvalue weighted by molar-refractivity contribution is 5.95. The van der Waals surface area contributed by atoms with E-state index in [1.54, 1.807) is 7.11 Å². The zero-order valence-corrected chi connectivity index (χ0v) is 16.4. The van der Waals surface area contributed by atoms with E-state index in [4.69, 9.17) is 4.74 Å². The van der Waals surface area contributed by atoms with Gasteiger partial charge in [0.1, 0.15) is 5.75 Å². The van der Waals surface area contributed by atoms with Crippen molar-refractivity contribution in [3.8, 4) is 5.75 Å². The molecule has 0 fully saturated rings. The Bertz CT molecular complexity index is 710. The number of hydrogen-bond acceptors (Lipinski definition) is 3. The third-order valence-corrected chi connectivity index (χ3v) is 4.60. The van der Waals surface area contributed by atoms with E-state index >= 15 is 0 Å². The lowest BCUT2D eigenvalue weighted by atomic mass is 9.94. The first-order chi connectivity index (χ1) is 12.5. The van der Waals surface area contributed by atoms with Crippen LogP contribution in [0.5, 0.6) is 5.75 Å². The lowest BCUT2D eigenvalue weighted by Crippen LogP contribution is -2.41. The zero-order chi connectivity index (χ0) is 19.1. The van der Waals surface area contributed by atoms with Crippen molar-refractivity contribution in [1.82, 2.24) is 5.32 Å². The number of nitrogens with one attached hydrogen (secondary N) is 2. The predicted molar refractivity (Wildman–Crippen MR) is 108 cm³/mol. The Hall–Kier alpha value is -2.33. The maximum absolute atomic E-state index is 12.6. The summed E-state index contributed by atoms with van der Waals surface area (Å²) in [6, 6.07) is 15.8. The third-order valence-electron chi connectivity index (χ3n) is 4.60. The minimum Gasteiger partial charge on any atom is -0.495 e. The van der Waals surface area contributed by atoms with Crippen LogP contribution in [-0.2, 0) is 11.2 Å². The highest BCUT2D eigenvalue weighted by Crippen LogP contribution is 2.25. The van der Waals surface area contributed by atoms with Crippen LogP contribution >= 0.6 is 0 Å². The number of ether oxygens (including phenoxy) is 1. The molecule has 2 aromatic carbocycles. The molecule has 0 unspecified atom stereocenters. The number of para-hydroxylation sites is 2. The standard InChI is InChI=1S/C22H30N2O2/c1-6-17-11-13-18(14-12-17)21(15(2)3)23-16(4)22(25)24-19-9-7-8-10-20(19)26-5/h7-16,21,23H,6H2,1-5H3,(H,24,25)/t16-,21-/m0/s1. The molecule has 140 valence electrons. The molecule has 0 radical (unpaired) electrons. The Morgan fingerprint density at radius 2 is 1.69 bits per heavy atom. The highest BCUT2D eigenvalue weighted by atomic mass is 16.5. The first kappa shape index (κ1) is 20.0. The number of hydrogen-bond donors (Lipinski definition) is 2. The van der Waals surface area contributed by atoms with Gasteiger partial charge in [0, 0.05) is 6.04 Å². The predicted octanol–water partition coefficient (Wildman–Crippen LogP) is 4.57. The monoisotopic (exact) mass is 354 g/mol. The van der Waals surface area contributed by atoms with E-state index in [0.29, 0.717) is 17.4 Å². The third kappa shape index (κ3) is 5.09. The van der Waals surface area contributed by atoms with Crippen LogP contribution in [0, 0.1) is 5.92 Å². The molecule has 26 heavy (non-hydrogen) atoms. The van der Waals surface area contributed by atoms with Crippen LogP contribution in [0.15, 0.2) is 48.5 Å². The molecule has 2 rings (SSSR count). The average molecular weight is 354 g/mol. The molecular formula is C22H30N2O2. The van der Waals surface area contributed by atoms with Crippen molar-refractivity contribution in [1.29, 1.82) is 0 Å². The molecule has 0 spiro atoms. The number of carbonyl (C=O) groups is 1. The van der Waals surface area contributed by atoms with Gasteiger partial charge in [-0.25, -0.2) is 0 Å². The number of amides is 1. The molecule has 0 aliphatic heterocycles. The van der Waals surface area contributed by atoms with E-state index in [0.717, 1.165) is 6.42 Å². The van der Waals surface area contributed by atoms with Gasteiger partial charge < -0.3 is 10.1 Å². The van der Waals surface area contributed by atoms with E-state index in [1.165, 1.54) is 11.1 Å². The van der Waals surface area contributed by atoms with Crippen LogP contribution in [-0.4, -0.2) is 19.1 Å². The van der Waals surface area contributed by atoms with Crippen LogP contribution in [0.25, 0.3) is 0 Å². The summed E-state index contributed by atoms with van der Waals surface area (Å²) in [6.45, 7) is 8.37. The number of carbonyl (C=O) groups excluding carboxylic acids is 1. The van der Waals surface area contributed by atoms with Crippen LogP contribution < -0.4 is 15.4 Å². The first-order valence-electron chi connectivity index (χ1n) is 9.25. The Kier molecular flexibility index (Phi) is 7.22. The molecule has 2 atom stereocenters. The quantitative estimate of drug-likeness (QED) is 0.730. The number of methoxy groups -OCH3 is 1. The van der Waals surface area contributed by atoms with Gasteiger partial charge in [0.2, 0.25) is 5.91 Å². The van der Waals surface area contributed by atoms with Crippen molar-refractivity contribution < 1.29 is 9.53 Å². The van der Waals surface area contributed by atoms with Crippen molar-refractivity contribution in [3.05, 3.63) is 59.7 Å². The number of rotatable bonds is 8. The maximum Gasteiger partial charge on any atom is 0.241 e. The Labute approximate surface area is 157 Å². The summed E-state index contributed by atoms with van der Waals surface area (Å²) in [5.41, 5.74) is 3.20. The molecule has 0 aliphatic rings. The molecule has 2 N–H and O–H groups in total. The van der Waals surface area contributed by atoms with E-state index in [-0.39, 0.29) is 18.0 Å². The lowest BCUT2D eigenvalue weighted by Gasteiger charge is -2.27. The van der Waals surface area contributed by atoms with Crippen molar-refractivity contribution >= 4 is 11.6 Å². The molecule has 0 saturated heterocycles. The summed E-state index contributed by atoms with van der Waals surface area (Å²) in [5, 5.41) is 6.42. The average Bonchev–Trinajstić information content (AvgIpc) is 2.66. The van der Waals surface area contributed by atoms with Gasteiger partial charge in [-0.15, -0.1) is 0 Å². The summed E-state index contributed by atoms with van der Waals surface area (Å²) in [5.74, 6) is 0.943. The van der Waals surface area contributed by atoms with Crippen LogP contribution in [0.4, 0.5) is 5.69 Å². The highest BCUT2D eigenvalue weighted by Gasteiger charge is 2.22. The zero-order valence-electron chi connectivity index (χ0n) is 16.4. The minimum atomic E-state index is -0.335. The van der Waals surface area contributed by atoms with Crippen LogP contribution in [0.1, 0.15) is 44.9 Å². The fourth-order valence-corrected chi connectivity index (χ4v) is 2.97. The second kappa shape index (κ2) is 9.39. The molecule has 0 bridgehead atoms. The number of benzene rings is 2. The van der Waals surface area contributed by atoms with Gasteiger partial charge in [-0.2, -0.15) is 0 Å². The van der Waals surface area contributed by atoms with Crippen molar-refractivity contribution in [2.24, 2.45) is 5.92 Å².